The van der Waals surface area contributed by atoms with E-state index in [-0.39, 0.29) is 36.2 Å². The molecular weight excluding hydrogens is 382 g/mol. The van der Waals surface area contributed by atoms with E-state index in [0.717, 1.165) is 23.6 Å². The van der Waals surface area contributed by atoms with E-state index < -0.39 is 10.2 Å². The molecule has 28 heavy (non-hydrogen) atoms. The van der Waals surface area contributed by atoms with Gasteiger partial charge >= 0.3 is 10.2 Å². The Bertz CT molecular complexity index is 975. The molecule has 3 aliphatic rings. The lowest BCUT2D eigenvalue weighted by Gasteiger charge is -2.40. The van der Waals surface area contributed by atoms with Crippen molar-refractivity contribution in [3.05, 3.63) is 35.5 Å². The summed E-state index contributed by atoms with van der Waals surface area (Å²) in [6, 6.07) is 5.20. The lowest BCUT2D eigenvalue weighted by molar-refractivity contribution is -0.134. The first-order valence-corrected chi connectivity index (χ1v) is 10.7. The van der Waals surface area contributed by atoms with Crippen LogP contribution in [0.1, 0.15) is 38.7 Å². The second kappa shape index (κ2) is 6.80. The molecule has 0 saturated carbocycles. The molecule has 0 spiro atoms. The minimum atomic E-state index is -4.01. The highest BCUT2D eigenvalue weighted by atomic mass is 32.2. The Morgan fingerprint density at radius 1 is 1.14 bits per heavy atom. The maximum atomic E-state index is 13.3. The summed E-state index contributed by atoms with van der Waals surface area (Å²) in [6.45, 7) is 4.12. The lowest BCUT2D eigenvalue weighted by Crippen LogP contribution is -2.50. The third kappa shape index (κ3) is 3.13. The van der Waals surface area contributed by atoms with Crippen LogP contribution >= 0.6 is 0 Å². The van der Waals surface area contributed by atoms with Crippen LogP contribution in [0.3, 0.4) is 0 Å². The van der Waals surface area contributed by atoms with E-state index in [1.807, 2.05) is 13.8 Å². The molecule has 9 heteroatoms. The summed E-state index contributed by atoms with van der Waals surface area (Å²) in [6.07, 6.45) is 4.41. The van der Waals surface area contributed by atoms with Crippen molar-refractivity contribution in [2.75, 3.05) is 13.8 Å². The van der Waals surface area contributed by atoms with Gasteiger partial charge in [-0.3, -0.25) is 4.79 Å². The molecule has 2 atom stereocenters. The largest absolute Gasteiger partial charge is 0.454 e. The van der Waals surface area contributed by atoms with Gasteiger partial charge < -0.3 is 14.4 Å². The number of hydrogen-bond acceptors (Lipinski definition) is 5. The van der Waals surface area contributed by atoms with Crippen molar-refractivity contribution in [1.82, 2.24) is 9.21 Å². The van der Waals surface area contributed by atoms with E-state index in [2.05, 4.69) is 4.40 Å². The number of carbonyl (C=O) groups excluding carboxylic acids is 1. The van der Waals surface area contributed by atoms with Gasteiger partial charge in [0, 0.05) is 24.7 Å². The number of hydrogen-bond donors (Lipinski definition) is 0. The van der Waals surface area contributed by atoms with Crippen molar-refractivity contribution in [3.8, 4) is 11.5 Å². The summed E-state index contributed by atoms with van der Waals surface area (Å²) < 4.78 is 40.8. The van der Waals surface area contributed by atoms with Crippen LogP contribution < -0.4 is 9.47 Å². The standard InChI is InChI=1S/C19H23N3O5S/c1-12-5-4-6-13(2)22(12)19(23)16-10-15(20-28(24,25)21(16)3)14-7-8-17-18(9-14)27-11-26-17/h7-10,12-13H,4-6,11H2,1-3H3/t12-,13-/m1/s1. The lowest BCUT2D eigenvalue weighted by atomic mass is 9.97. The minimum absolute atomic E-state index is 0.0566. The highest BCUT2D eigenvalue weighted by Gasteiger charge is 2.37. The minimum Gasteiger partial charge on any atom is -0.454 e. The predicted octanol–water partition coefficient (Wildman–Crippen LogP) is 2.07. The number of amides is 1. The first-order valence-electron chi connectivity index (χ1n) is 9.31. The van der Waals surface area contributed by atoms with Crippen LogP contribution in [0.4, 0.5) is 0 Å². The molecule has 3 heterocycles. The van der Waals surface area contributed by atoms with Crippen molar-refractivity contribution in [1.29, 1.82) is 0 Å². The van der Waals surface area contributed by atoms with E-state index in [9.17, 15) is 13.2 Å². The molecule has 1 amide bonds. The average Bonchev–Trinajstić information content (AvgIpc) is 3.11. The highest BCUT2D eigenvalue weighted by molar-refractivity contribution is 7.88. The zero-order chi connectivity index (χ0) is 20.1. The quantitative estimate of drug-likeness (QED) is 0.752. The molecular formula is C19H23N3O5S. The number of ether oxygens (including phenoxy) is 2. The summed E-state index contributed by atoms with van der Waals surface area (Å²) in [5, 5.41) is 0. The van der Waals surface area contributed by atoms with Crippen LogP contribution in [0.2, 0.25) is 0 Å². The smallest absolute Gasteiger partial charge is 0.345 e. The van der Waals surface area contributed by atoms with E-state index in [4.69, 9.17) is 9.47 Å². The molecule has 0 N–H and O–H groups in total. The Morgan fingerprint density at radius 3 is 2.54 bits per heavy atom. The van der Waals surface area contributed by atoms with Crippen molar-refractivity contribution in [2.45, 2.75) is 45.2 Å². The highest BCUT2D eigenvalue weighted by Crippen LogP contribution is 2.34. The Kier molecular flexibility index (Phi) is 4.57. The van der Waals surface area contributed by atoms with Crippen LogP contribution in [0.25, 0.3) is 0 Å². The van der Waals surface area contributed by atoms with E-state index >= 15 is 0 Å². The fourth-order valence-corrected chi connectivity index (χ4v) is 4.81. The predicted molar refractivity (Wildman–Crippen MR) is 103 cm³/mol. The SMILES string of the molecule is C[C@@H]1CCC[C@@H](C)N1C(=O)C1=CC(c2ccc3c(c2)OCO3)=NS(=O)(=O)N1C. The fourth-order valence-electron chi connectivity index (χ4n) is 3.90. The maximum Gasteiger partial charge on any atom is 0.345 e. The molecule has 8 nitrogen and oxygen atoms in total. The summed E-state index contributed by atoms with van der Waals surface area (Å²) in [7, 11) is -2.65. The topological polar surface area (TPSA) is 88.5 Å². The Hall–Kier alpha value is -2.55. The van der Waals surface area contributed by atoms with Crippen LogP contribution in [0.5, 0.6) is 11.5 Å². The van der Waals surface area contributed by atoms with E-state index in [1.165, 1.54) is 13.1 Å². The summed E-state index contributed by atoms with van der Waals surface area (Å²) in [5.74, 6) is 0.825. The molecule has 1 saturated heterocycles. The number of benzene rings is 1. The van der Waals surface area contributed by atoms with Gasteiger partial charge in [0.15, 0.2) is 11.5 Å². The molecule has 0 unspecified atom stereocenters. The number of piperidine rings is 1. The molecule has 0 aliphatic carbocycles. The molecule has 3 aliphatic heterocycles. The molecule has 1 aromatic rings. The summed E-state index contributed by atoms with van der Waals surface area (Å²) in [4.78, 5) is 15.1. The third-order valence-electron chi connectivity index (χ3n) is 5.49. The number of nitrogens with zero attached hydrogens (tertiary/aromatic N) is 3. The van der Waals surface area contributed by atoms with Gasteiger partial charge in [-0.2, -0.15) is 8.42 Å². The molecule has 0 radical (unpaired) electrons. The van der Waals surface area contributed by atoms with Gasteiger partial charge in [-0.05, 0) is 57.4 Å². The van der Waals surface area contributed by atoms with Gasteiger partial charge in [0.25, 0.3) is 5.91 Å². The average molecular weight is 405 g/mol. The number of rotatable bonds is 2. The third-order valence-corrected chi connectivity index (χ3v) is 6.80. The van der Waals surface area contributed by atoms with Gasteiger partial charge in [-0.25, -0.2) is 4.31 Å². The zero-order valence-electron chi connectivity index (χ0n) is 16.1. The normalized spacial score (nSPS) is 26.0. The molecule has 0 bridgehead atoms. The monoisotopic (exact) mass is 405 g/mol. The molecule has 150 valence electrons. The second-order valence-corrected chi connectivity index (χ2v) is 8.99. The van der Waals surface area contributed by atoms with Gasteiger partial charge in [-0.1, -0.05) is 0 Å². The zero-order valence-corrected chi connectivity index (χ0v) is 16.9. The molecule has 1 aromatic carbocycles. The van der Waals surface area contributed by atoms with Gasteiger partial charge in [0.2, 0.25) is 6.79 Å². The second-order valence-electron chi connectivity index (χ2n) is 7.36. The Morgan fingerprint density at radius 2 is 1.82 bits per heavy atom. The van der Waals surface area contributed by atoms with Crippen LogP contribution in [0, 0.1) is 0 Å². The van der Waals surface area contributed by atoms with Crippen molar-refractivity contribution < 1.29 is 22.7 Å². The number of likely N-dealkylation sites (tertiary alicyclic amines) is 1. The summed E-state index contributed by atoms with van der Waals surface area (Å²) >= 11 is 0. The maximum absolute atomic E-state index is 13.3. The van der Waals surface area contributed by atoms with Gasteiger partial charge in [0.05, 0.1) is 5.71 Å². The Labute approximate surface area is 164 Å². The molecule has 4 rings (SSSR count). The number of fused-ring (bicyclic) bond motifs is 1. The first kappa shape index (κ1) is 18.8. The van der Waals surface area contributed by atoms with Crippen molar-refractivity contribution in [3.63, 3.8) is 0 Å². The molecule has 1 fully saturated rings. The number of likely N-dealkylation sites (N-methyl/N-ethyl adjacent to an activating group) is 1. The van der Waals surface area contributed by atoms with Crippen LogP contribution in [0.15, 0.2) is 34.4 Å². The van der Waals surface area contributed by atoms with E-state index in [0.29, 0.717) is 17.1 Å². The number of allylic oxidation sites excluding steroid dienone is 1. The molecule has 0 aromatic heterocycles. The number of carbonyl (C=O) groups is 1. The van der Waals surface area contributed by atoms with Crippen molar-refractivity contribution in [2.24, 2.45) is 4.40 Å². The first-order chi connectivity index (χ1) is 13.3. The van der Waals surface area contributed by atoms with Crippen molar-refractivity contribution >= 4 is 21.8 Å². The van der Waals surface area contributed by atoms with E-state index in [1.54, 1.807) is 23.1 Å². The summed E-state index contributed by atoms with van der Waals surface area (Å²) in [5.41, 5.74) is 0.853. The van der Waals surface area contributed by atoms with Crippen LogP contribution in [-0.4, -0.2) is 55.2 Å². The fraction of sp³-hybridized carbons (Fsp3) is 0.474. The Balaban J connectivity index is 1.74. The van der Waals surface area contributed by atoms with Gasteiger partial charge in [0.1, 0.15) is 5.70 Å². The van der Waals surface area contributed by atoms with Gasteiger partial charge in [-0.15, -0.1) is 4.40 Å². The van der Waals surface area contributed by atoms with Crippen LogP contribution in [-0.2, 0) is 15.0 Å².